The quantitative estimate of drug-likeness (QED) is 0.869. The molecule has 2 aliphatic rings. The van der Waals surface area contributed by atoms with Gasteiger partial charge in [0.25, 0.3) is 0 Å². The van der Waals surface area contributed by atoms with E-state index in [0.29, 0.717) is 18.6 Å². The van der Waals surface area contributed by atoms with Crippen LogP contribution < -0.4 is 15.6 Å². The van der Waals surface area contributed by atoms with Gasteiger partial charge in [0.1, 0.15) is 11.4 Å². The zero-order chi connectivity index (χ0) is 17.7. The van der Waals surface area contributed by atoms with Crippen LogP contribution in [-0.2, 0) is 4.79 Å². The molecule has 7 nitrogen and oxygen atoms in total. The Morgan fingerprint density at radius 3 is 2.68 bits per heavy atom. The fraction of sp³-hybridized carbons (Fsp3) is 0.353. The van der Waals surface area contributed by atoms with Gasteiger partial charge in [0, 0.05) is 30.7 Å². The first kappa shape index (κ1) is 15.6. The molecule has 4 rings (SSSR count). The van der Waals surface area contributed by atoms with Crippen LogP contribution in [0.2, 0.25) is 0 Å². The lowest BCUT2D eigenvalue weighted by Gasteiger charge is -2.29. The summed E-state index contributed by atoms with van der Waals surface area (Å²) < 4.78 is 16.4. The Bertz CT molecular complexity index is 964. The SMILES string of the molecule is O=C1CN(c2cc3c(cc2F)c(=O)c(C(=O)O)cn3C2CC2)CCN1. The molecule has 2 heterocycles. The van der Waals surface area contributed by atoms with Crippen molar-refractivity contribution >= 4 is 28.5 Å². The molecule has 1 saturated heterocycles. The lowest BCUT2D eigenvalue weighted by Crippen LogP contribution is -2.48. The van der Waals surface area contributed by atoms with Crippen molar-refractivity contribution in [2.24, 2.45) is 0 Å². The van der Waals surface area contributed by atoms with E-state index in [4.69, 9.17) is 0 Å². The maximum Gasteiger partial charge on any atom is 0.341 e. The average Bonchev–Trinajstić information content (AvgIpc) is 3.39. The van der Waals surface area contributed by atoms with Gasteiger partial charge in [-0.05, 0) is 25.0 Å². The second-order valence-corrected chi connectivity index (χ2v) is 6.41. The van der Waals surface area contributed by atoms with E-state index in [1.165, 1.54) is 6.20 Å². The number of carbonyl (C=O) groups excluding carboxylic acids is 1. The van der Waals surface area contributed by atoms with Gasteiger partial charge in [-0.1, -0.05) is 0 Å². The maximum absolute atomic E-state index is 14.6. The second kappa shape index (κ2) is 5.58. The van der Waals surface area contributed by atoms with Crippen molar-refractivity contribution in [3.63, 3.8) is 0 Å². The van der Waals surface area contributed by atoms with Gasteiger partial charge in [-0.25, -0.2) is 9.18 Å². The number of carbonyl (C=O) groups is 2. The summed E-state index contributed by atoms with van der Waals surface area (Å²) in [5, 5.41) is 12.0. The summed E-state index contributed by atoms with van der Waals surface area (Å²) in [5.74, 6) is -2.14. The summed E-state index contributed by atoms with van der Waals surface area (Å²) in [4.78, 5) is 37.0. The Kier molecular flexibility index (Phi) is 3.48. The van der Waals surface area contributed by atoms with E-state index in [-0.39, 0.29) is 35.1 Å². The van der Waals surface area contributed by atoms with E-state index < -0.39 is 17.2 Å². The van der Waals surface area contributed by atoms with Crippen LogP contribution >= 0.6 is 0 Å². The number of benzene rings is 1. The molecule has 1 aromatic heterocycles. The first-order valence-corrected chi connectivity index (χ1v) is 8.09. The van der Waals surface area contributed by atoms with Crippen LogP contribution in [0.25, 0.3) is 10.9 Å². The van der Waals surface area contributed by atoms with Gasteiger partial charge in [-0.15, -0.1) is 0 Å². The number of nitrogens with one attached hydrogen (secondary N) is 1. The summed E-state index contributed by atoms with van der Waals surface area (Å²) in [7, 11) is 0. The molecule has 0 radical (unpaired) electrons. The molecule has 130 valence electrons. The summed E-state index contributed by atoms with van der Waals surface area (Å²) >= 11 is 0. The van der Waals surface area contributed by atoms with E-state index in [1.54, 1.807) is 15.5 Å². The highest BCUT2D eigenvalue weighted by molar-refractivity contribution is 5.94. The molecule has 0 atom stereocenters. The summed E-state index contributed by atoms with van der Waals surface area (Å²) in [6.07, 6.45) is 3.11. The molecule has 1 aromatic carbocycles. The number of fused-ring (bicyclic) bond motifs is 1. The molecular formula is C17H16FN3O4. The number of hydrogen-bond donors (Lipinski definition) is 2. The smallest absolute Gasteiger partial charge is 0.341 e. The van der Waals surface area contributed by atoms with E-state index in [1.807, 2.05) is 0 Å². The van der Waals surface area contributed by atoms with Crippen molar-refractivity contribution in [2.75, 3.05) is 24.5 Å². The van der Waals surface area contributed by atoms with Crippen LogP contribution in [0, 0.1) is 5.82 Å². The van der Waals surface area contributed by atoms with E-state index in [0.717, 1.165) is 18.9 Å². The normalized spacial score (nSPS) is 17.6. The number of pyridine rings is 1. The van der Waals surface area contributed by atoms with Crippen LogP contribution in [0.4, 0.5) is 10.1 Å². The standard InChI is InChI=1S/C17H16FN3O4/c18-12-5-10-13(6-14(12)20-4-3-19-15(22)8-20)21(9-1-2-9)7-11(16(10)23)17(24)25/h5-7,9H,1-4,8H2,(H,19,22)(H,24,25). The highest BCUT2D eigenvalue weighted by Crippen LogP contribution is 2.38. The summed E-state index contributed by atoms with van der Waals surface area (Å²) in [6, 6.07) is 2.75. The monoisotopic (exact) mass is 345 g/mol. The van der Waals surface area contributed by atoms with Gasteiger partial charge >= 0.3 is 5.97 Å². The Balaban J connectivity index is 1.94. The Labute approximate surface area is 141 Å². The topological polar surface area (TPSA) is 91.6 Å². The third kappa shape index (κ3) is 2.63. The van der Waals surface area contributed by atoms with Crippen LogP contribution in [0.3, 0.4) is 0 Å². The highest BCUT2D eigenvalue weighted by atomic mass is 19.1. The minimum atomic E-state index is -1.32. The van der Waals surface area contributed by atoms with Crippen molar-refractivity contribution in [2.45, 2.75) is 18.9 Å². The van der Waals surface area contributed by atoms with Gasteiger partial charge in [0.05, 0.1) is 17.7 Å². The molecular weight excluding hydrogens is 329 g/mol. The molecule has 2 aromatic rings. The van der Waals surface area contributed by atoms with Crippen LogP contribution in [0.15, 0.2) is 23.1 Å². The van der Waals surface area contributed by atoms with Crippen molar-refractivity contribution in [3.05, 3.63) is 39.9 Å². The molecule has 8 heteroatoms. The minimum absolute atomic E-state index is 0.0449. The maximum atomic E-state index is 14.6. The number of carboxylic acid groups (broad SMARTS) is 1. The molecule has 1 aliphatic carbocycles. The van der Waals surface area contributed by atoms with E-state index in [2.05, 4.69) is 5.32 Å². The predicted octanol–water partition coefficient (Wildman–Crippen LogP) is 1.11. The first-order valence-electron chi connectivity index (χ1n) is 8.09. The fourth-order valence-electron chi connectivity index (χ4n) is 3.25. The van der Waals surface area contributed by atoms with Gasteiger partial charge in [-0.2, -0.15) is 0 Å². The number of aromatic nitrogens is 1. The van der Waals surface area contributed by atoms with Crippen molar-refractivity contribution in [1.82, 2.24) is 9.88 Å². The largest absolute Gasteiger partial charge is 0.477 e. The van der Waals surface area contributed by atoms with E-state index in [9.17, 15) is 23.9 Å². The van der Waals surface area contributed by atoms with Crippen LogP contribution in [0.5, 0.6) is 0 Å². The summed E-state index contributed by atoms with van der Waals surface area (Å²) in [5.41, 5.74) is -0.302. The first-order chi connectivity index (χ1) is 12.0. The van der Waals surface area contributed by atoms with Gasteiger partial charge in [-0.3, -0.25) is 9.59 Å². The van der Waals surface area contributed by atoms with Crippen molar-refractivity contribution in [1.29, 1.82) is 0 Å². The van der Waals surface area contributed by atoms with Gasteiger partial charge in [0.15, 0.2) is 0 Å². The molecule has 0 bridgehead atoms. The Hall–Kier alpha value is -2.90. The molecule has 2 fully saturated rings. The molecule has 1 aliphatic heterocycles. The molecule has 25 heavy (non-hydrogen) atoms. The third-order valence-corrected chi connectivity index (χ3v) is 4.65. The van der Waals surface area contributed by atoms with Crippen LogP contribution in [0.1, 0.15) is 29.2 Å². The third-order valence-electron chi connectivity index (χ3n) is 4.65. The van der Waals surface area contributed by atoms with Gasteiger partial charge in [0.2, 0.25) is 11.3 Å². The Morgan fingerprint density at radius 2 is 2.04 bits per heavy atom. The fourth-order valence-corrected chi connectivity index (χ4v) is 3.25. The molecule has 2 N–H and O–H groups in total. The number of carboxylic acids is 1. The number of hydrogen-bond acceptors (Lipinski definition) is 4. The predicted molar refractivity (Wildman–Crippen MR) is 88.6 cm³/mol. The number of aromatic carboxylic acids is 1. The lowest BCUT2D eigenvalue weighted by atomic mass is 10.1. The second-order valence-electron chi connectivity index (χ2n) is 6.41. The lowest BCUT2D eigenvalue weighted by molar-refractivity contribution is -0.120. The average molecular weight is 345 g/mol. The summed E-state index contributed by atoms with van der Waals surface area (Å²) in [6.45, 7) is 0.933. The number of amides is 1. The minimum Gasteiger partial charge on any atom is -0.477 e. The number of halogens is 1. The zero-order valence-electron chi connectivity index (χ0n) is 13.3. The molecule has 0 unspecified atom stereocenters. The number of piperazine rings is 1. The van der Waals surface area contributed by atoms with Crippen molar-refractivity contribution < 1.29 is 19.1 Å². The Morgan fingerprint density at radius 1 is 1.28 bits per heavy atom. The highest BCUT2D eigenvalue weighted by Gasteiger charge is 2.28. The van der Waals surface area contributed by atoms with Crippen LogP contribution in [-0.4, -0.2) is 41.2 Å². The number of anilines is 1. The van der Waals surface area contributed by atoms with Gasteiger partial charge < -0.3 is 19.9 Å². The van der Waals surface area contributed by atoms with E-state index >= 15 is 0 Å². The molecule has 1 amide bonds. The molecule has 0 spiro atoms. The van der Waals surface area contributed by atoms with Crippen molar-refractivity contribution in [3.8, 4) is 0 Å². The molecule has 1 saturated carbocycles. The number of nitrogens with zero attached hydrogens (tertiary/aromatic N) is 2. The zero-order valence-corrected chi connectivity index (χ0v) is 13.3. The number of rotatable bonds is 3.